The Bertz CT molecular complexity index is 662. The highest BCUT2D eigenvalue weighted by Gasteiger charge is 2.46. The molecular weight excluding hydrogens is 331 g/mol. The topological polar surface area (TPSA) is 41.6 Å². The van der Waals surface area contributed by atoms with E-state index in [1.165, 1.54) is 0 Å². The Kier molecular flexibility index (Phi) is 5.29. The van der Waals surface area contributed by atoms with Crippen molar-refractivity contribution < 1.29 is 13.9 Å². The first-order chi connectivity index (χ1) is 12.2. The molecule has 2 aliphatic rings. The van der Waals surface area contributed by atoms with Gasteiger partial charge in [0.1, 0.15) is 11.4 Å². The van der Waals surface area contributed by atoms with Crippen LogP contribution in [0, 0.1) is 18.2 Å². The maximum absolute atomic E-state index is 15.0. The van der Waals surface area contributed by atoms with Crippen molar-refractivity contribution in [1.29, 1.82) is 0 Å². The minimum atomic E-state index is -0.523. The number of nitrogens with one attached hydrogen (secondary N) is 1. The molecule has 1 amide bonds. The molecule has 0 bridgehead atoms. The normalized spacial score (nSPS) is 23.1. The number of rotatable bonds is 1. The average Bonchev–Trinajstić information content (AvgIpc) is 2.57. The molecule has 0 aromatic heterocycles. The van der Waals surface area contributed by atoms with Gasteiger partial charge in [0.05, 0.1) is 0 Å². The Morgan fingerprint density at radius 3 is 2.62 bits per heavy atom. The number of halogens is 1. The summed E-state index contributed by atoms with van der Waals surface area (Å²) >= 11 is 0. The Labute approximate surface area is 156 Å². The van der Waals surface area contributed by atoms with E-state index in [-0.39, 0.29) is 23.2 Å². The lowest BCUT2D eigenvalue weighted by Crippen LogP contribution is -2.52. The summed E-state index contributed by atoms with van der Waals surface area (Å²) in [6, 6.07) is 5.63. The standard InChI is InChI=1S/C21H31FN2O2/c1-15-6-5-7-16(18(15)22)17-14-24(19(25)26-20(2,3)4)13-10-21(17)8-11-23-12-9-21/h5-7,17,23H,8-14H2,1-4H3. The summed E-state index contributed by atoms with van der Waals surface area (Å²) in [4.78, 5) is 14.4. The molecular formula is C21H31FN2O2. The van der Waals surface area contributed by atoms with Crippen molar-refractivity contribution in [3.8, 4) is 0 Å². The van der Waals surface area contributed by atoms with Gasteiger partial charge < -0.3 is 15.0 Å². The summed E-state index contributed by atoms with van der Waals surface area (Å²) in [6.07, 6.45) is 2.64. The lowest BCUT2D eigenvalue weighted by molar-refractivity contribution is -0.00288. The van der Waals surface area contributed by atoms with Crippen molar-refractivity contribution in [2.75, 3.05) is 26.2 Å². The highest BCUT2D eigenvalue weighted by Crippen LogP contribution is 2.49. The molecule has 0 radical (unpaired) electrons. The van der Waals surface area contributed by atoms with Crippen molar-refractivity contribution >= 4 is 6.09 Å². The summed E-state index contributed by atoms with van der Waals surface area (Å²) < 4.78 is 20.5. The van der Waals surface area contributed by atoms with E-state index in [4.69, 9.17) is 4.74 Å². The number of carbonyl (C=O) groups excluding carboxylic acids is 1. The van der Waals surface area contributed by atoms with Crippen LogP contribution in [-0.4, -0.2) is 42.8 Å². The first-order valence-electron chi connectivity index (χ1n) is 9.65. The maximum Gasteiger partial charge on any atom is 0.410 e. The second-order valence-electron chi connectivity index (χ2n) is 8.82. The van der Waals surface area contributed by atoms with Crippen molar-refractivity contribution in [2.24, 2.45) is 5.41 Å². The van der Waals surface area contributed by atoms with Crippen LogP contribution in [0.15, 0.2) is 18.2 Å². The van der Waals surface area contributed by atoms with Crippen molar-refractivity contribution in [3.05, 3.63) is 35.1 Å². The van der Waals surface area contributed by atoms with Gasteiger partial charge in [-0.1, -0.05) is 18.2 Å². The fourth-order valence-electron chi connectivity index (χ4n) is 4.42. The third kappa shape index (κ3) is 3.88. The summed E-state index contributed by atoms with van der Waals surface area (Å²) in [5.74, 6) is -0.118. The van der Waals surface area contributed by atoms with Gasteiger partial charge in [-0.25, -0.2) is 9.18 Å². The van der Waals surface area contributed by atoms with Crippen LogP contribution in [0.3, 0.4) is 0 Å². The molecule has 26 heavy (non-hydrogen) atoms. The lowest BCUT2D eigenvalue weighted by Gasteiger charge is -2.50. The van der Waals surface area contributed by atoms with Crippen LogP contribution in [-0.2, 0) is 4.74 Å². The Hall–Kier alpha value is -1.62. The van der Waals surface area contributed by atoms with E-state index in [2.05, 4.69) is 5.32 Å². The lowest BCUT2D eigenvalue weighted by atomic mass is 9.62. The van der Waals surface area contributed by atoms with Gasteiger partial charge in [-0.15, -0.1) is 0 Å². The largest absolute Gasteiger partial charge is 0.444 e. The van der Waals surface area contributed by atoms with Gasteiger partial charge in [0.2, 0.25) is 0 Å². The number of ether oxygens (including phenoxy) is 1. The fraction of sp³-hybridized carbons (Fsp3) is 0.667. The number of aryl methyl sites for hydroxylation is 1. The van der Waals surface area contributed by atoms with Crippen LogP contribution >= 0.6 is 0 Å². The van der Waals surface area contributed by atoms with Crippen molar-refractivity contribution in [1.82, 2.24) is 10.2 Å². The molecule has 1 aromatic rings. The molecule has 3 rings (SSSR count). The van der Waals surface area contributed by atoms with Crippen LogP contribution in [0.5, 0.6) is 0 Å². The second kappa shape index (κ2) is 7.18. The van der Waals surface area contributed by atoms with E-state index in [1.807, 2.05) is 45.9 Å². The average molecular weight is 362 g/mol. The maximum atomic E-state index is 15.0. The Morgan fingerprint density at radius 2 is 1.96 bits per heavy atom. The van der Waals surface area contributed by atoms with E-state index >= 15 is 0 Å². The number of nitrogens with zero attached hydrogens (tertiary/aromatic N) is 1. The van der Waals surface area contributed by atoms with Crippen LogP contribution < -0.4 is 5.32 Å². The van der Waals surface area contributed by atoms with E-state index in [0.29, 0.717) is 18.7 Å². The van der Waals surface area contributed by atoms with E-state index < -0.39 is 5.60 Å². The van der Waals surface area contributed by atoms with Crippen LogP contribution in [0.2, 0.25) is 0 Å². The van der Waals surface area contributed by atoms with Crippen molar-refractivity contribution in [3.63, 3.8) is 0 Å². The number of hydrogen-bond acceptors (Lipinski definition) is 3. The zero-order valence-corrected chi connectivity index (χ0v) is 16.4. The molecule has 1 unspecified atom stereocenters. The molecule has 2 aliphatic heterocycles. The van der Waals surface area contributed by atoms with E-state index in [0.717, 1.165) is 37.9 Å². The molecule has 5 heteroatoms. The number of piperidine rings is 2. The SMILES string of the molecule is Cc1cccc(C2CN(C(=O)OC(C)(C)C)CCC23CCNCC3)c1F. The molecule has 1 aromatic carbocycles. The number of likely N-dealkylation sites (tertiary alicyclic amines) is 1. The van der Waals surface area contributed by atoms with Crippen LogP contribution in [0.4, 0.5) is 9.18 Å². The van der Waals surface area contributed by atoms with E-state index in [9.17, 15) is 9.18 Å². The molecule has 2 saturated heterocycles. The molecule has 0 aliphatic carbocycles. The zero-order chi connectivity index (χ0) is 18.9. The zero-order valence-electron chi connectivity index (χ0n) is 16.4. The van der Waals surface area contributed by atoms with Gasteiger partial charge in [-0.05, 0) is 76.6 Å². The monoisotopic (exact) mass is 362 g/mol. The first-order valence-corrected chi connectivity index (χ1v) is 9.65. The van der Waals surface area contributed by atoms with Gasteiger partial charge in [-0.3, -0.25) is 0 Å². The van der Waals surface area contributed by atoms with E-state index in [1.54, 1.807) is 4.90 Å². The summed E-state index contributed by atoms with van der Waals surface area (Å²) in [6.45, 7) is 10.5. The molecule has 4 nitrogen and oxygen atoms in total. The van der Waals surface area contributed by atoms with Gasteiger partial charge in [0.15, 0.2) is 0 Å². The van der Waals surface area contributed by atoms with Crippen molar-refractivity contribution in [2.45, 2.75) is 58.5 Å². The molecule has 1 spiro atoms. The number of carbonyl (C=O) groups is 1. The highest BCUT2D eigenvalue weighted by atomic mass is 19.1. The predicted molar refractivity (Wildman–Crippen MR) is 101 cm³/mol. The van der Waals surface area contributed by atoms with Crippen LogP contribution in [0.1, 0.15) is 57.1 Å². The molecule has 2 heterocycles. The quantitative estimate of drug-likeness (QED) is 0.813. The van der Waals surface area contributed by atoms with Crippen LogP contribution in [0.25, 0.3) is 0 Å². The minimum Gasteiger partial charge on any atom is -0.444 e. The fourth-order valence-corrected chi connectivity index (χ4v) is 4.42. The van der Waals surface area contributed by atoms with Gasteiger partial charge >= 0.3 is 6.09 Å². The van der Waals surface area contributed by atoms with Gasteiger partial charge in [-0.2, -0.15) is 0 Å². The molecule has 1 N–H and O–H groups in total. The Balaban J connectivity index is 1.91. The second-order valence-corrected chi connectivity index (χ2v) is 8.82. The number of amides is 1. The first kappa shape index (κ1) is 19.2. The molecule has 2 fully saturated rings. The molecule has 144 valence electrons. The summed E-state index contributed by atoms with van der Waals surface area (Å²) in [5, 5.41) is 3.42. The van der Waals surface area contributed by atoms with Gasteiger partial charge in [0.25, 0.3) is 0 Å². The summed E-state index contributed by atoms with van der Waals surface area (Å²) in [5.41, 5.74) is 0.949. The minimum absolute atomic E-state index is 0.00534. The van der Waals surface area contributed by atoms with Gasteiger partial charge in [0, 0.05) is 19.0 Å². The highest BCUT2D eigenvalue weighted by molar-refractivity contribution is 5.68. The Morgan fingerprint density at radius 1 is 1.27 bits per heavy atom. The summed E-state index contributed by atoms with van der Waals surface area (Å²) in [7, 11) is 0. The smallest absolute Gasteiger partial charge is 0.410 e. The molecule has 0 saturated carbocycles. The number of hydrogen-bond donors (Lipinski definition) is 1. The number of benzene rings is 1. The third-order valence-electron chi connectivity index (χ3n) is 5.87. The molecule has 1 atom stereocenters. The third-order valence-corrected chi connectivity index (χ3v) is 5.87. The predicted octanol–water partition coefficient (Wildman–Crippen LogP) is 4.23.